The van der Waals surface area contributed by atoms with Crippen molar-refractivity contribution in [3.05, 3.63) is 48.2 Å². The molecule has 0 saturated carbocycles. The van der Waals surface area contributed by atoms with Crippen molar-refractivity contribution in [2.24, 2.45) is 0 Å². The van der Waals surface area contributed by atoms with Crippen LogP contribution >= 0.6 is 11.8 Å². The Kier molecular flexibility index (Phi) is 11.5. The normalized spacial score (nSPS) is 17.2. The molecule has 246 valence electrons. The van der Waals surface area contributed by atoms with Crippen LogP contribution in [0, 0.1) is 0 Å². The maximum Gasteiger partial charge on any atom is 0.490 e. The summed E-state index contributed by atoms with van der Waals surface area (Å²) in [5, 5.41) is 9.93. The van der Waals surface area contributed by atoms with E-state index in [0.29, 0.717) is 24.3 Å². The van der Waals surface area contributed by atoms with Gasteiger partial charge in [-0.1, -0.05) is 6.42 Å². The van der Waals surface area contributed by atoms with E-state index in [1.165, 1.54) is 41.8 Å². The number of pyridine rings is 1. The van der Waals surface area contributed by atoms with Crippen LogP contribution in [-0.4, -0.2) is 80.6 Å². The first-order valence-electron chi connectivity index (χ1n) is 13.7. The molecule has 0 atom stereocenters. The number of benzene rings is 1. The van der Waals surface area contributed by atoms with E-state index in [1.54, 1.807) is 26.0 Å². The first-order valence-corrected chi connectivity index (χ1v) is 14.5. The van der Waals surface area contributed by atoms with Crippen molar-refractivity contribution < 1.29 is 50.6 Å². The molecule has 0 bridgehead atoms. The number of imide groups is 1. The summed E-state index contributed by atoms with van der Waals surface area (Å²) in [6, 6.07) is 7.89. The van der Waals surface area contributed by atoms with Gasteiger partial charge in [-0.3, -0.25) is 9.59 Å². The number of likely N-dealkylation sites (tertiary alicyclic amines) is 1. The van der Waals surface area contributed by atoms with Crippen LogP contribution < -0.4 is 10.2 Å². The van der Waals surface area contributed by atoms with Crippen molar-refractivity contribution in [2.75, 3.05) is 29.9 Å². The number of piperidine rings is 1. The fraction of sp³-hybridized carbons (Fsp3) is 0.464. The van der Waals surface area contributed by atoms with Gasteiger partial charge in [-0.15, -0.1) is 0 Å². The van der Waals surface area contributed by atoms with Gasteiger partial charge in [0.25, 0.3) is 5.91 Å². The Labute approximate surface area is 258 Å². The molecule has 1 aromatic heterocycles. The zero-order valence-corrected chi connectivity index (χ0v) is 25.1. The molecule has 4 amide bonds. The van der Waals surface area contributed by atoms with Crippen molar-refractivity contribution in [1.29, 1.82) is 0 Å². The molecule has 2 aliphatic rings. The summed E-state index contributed by atoms with van der Waals surface area (Å²) in [5.41, 5.74) is -4.77. The van der Waals surface area contributed by atoms with E-state index in [2.05, 4.69) is 15.2 Å². The van der Waals surface area contributed by atoms with Gasteiger partial charge in [0, 0.05) is 30.6 Å². The number of hydrogen-bond acceptors (Lipinski definition) is 7. The van der Waals surface area contributed by atoms with Crippen LogP contribution in [0.25, 0.3) is 0 Å². The van der Waals surface area contributed by atoms with Crippen molar-refractivity contribution in [2.45, 2.75) is 68.2 Å². The second-order valence-corrected chi connectivity index (χ2v) is 11.8. The lowest BCUT2D eigenvalue weighted by Gasteiger charge is -2.27. The number of aliphatic carboxylic acids is 1. The van der Waals surface area contributed by atoms with E-state index in [-0.39, 0.29) is 34.8 Å². The number of amides is 4. The van der Waals surface area contributed by atoms with Gasteiger partial charge in [0.2, 0.25) is 5.91 Å². The number of carbonyl (C=O) groups excluding carboxylic acids is 3. The fourth-order valence-corrected chi connectivity index (χ4v) is 5.14. The second kappa shape index (κ2) is 14.5. The third-order valence-corrected chi connectivity index (χ3v) is 7.67. The first kappa shape index (κ1) is 35.6. The highest BCUT2D eigenvalue weighted by atomic mass is 32.2. The quantitative estimate of drug-likeness (QED) is 0.204. The number of carbonyl (C=O) groups is 4. The number of urea groups is 1. The average Bonchev–Trinajstić information content (AvgIpc) is 3.11. The van der Waals surface area contributed by atoms with Crippen LogP contribution in [0.1, 0.15) is 45.1 Å². The predicted octanol–water partition coefficient (Wildman–Crippen LogP) is 5.89. The highest BCUT2D eigenvalue weighted by Gasteiger charge is 2.51. The number of thioether (sulfide) groups is 1. The molecule has 2 fully saturated rings. The van der Waals surface area contributed by atoms with Crippen molar-refractivity contribution in [3.8, 4) is 0 Å². The summed E-state index contributed by atoms with van der Waals surface area (Å²) in [7, 11) is 0. The van der Waals surface area contributed by atoms with Crippen LogP contribution in [0.4, 0.5) is 42.6 Å². The molecule has 0 aliphatic carbocycles. The minimum absolute atomic E-state index is 0.0428. The highest BCUT2D eigenvalue weighted by Crippen LogP contribution is 2.39. The Morgan fingerprint density at radius 3 is 2.16 bits per heavy atom. The van der Waals surface area contributed by atoms with E-state index >= 15 is 0 Å². The first-order chi connectivity index (χ1) is 20.9. The lowest BCUT2D eigenvalue weighted by atomic mass is 10.0. The number of halogens is 6. The summed E-state index contributed by atoms with van der Waals surface area (Å²) in [6.45, 7) is 6.02. The fourth-order valence-electron chi connectivity index (χ4n) is 4.60. The largest absolute Gasteiger partial charge is 0.490 e. The number of alkyl halides is 6. The summed E-state index contributed by atoms with van der Waals surface area (Å²) in [6.07, 6.45) is 0.331. The standard InChI is InChI=1S/C26H30F3N5O3S.C2HF3O2/c1-25(2)23(36)34(19-6-8-20(9-7-19)38-26(27,28)29)24(37)33(25)17-18-10-12-30-21(16-18)31-22(35)11-15-32-13-4-3-5-14-32;3-2(4,5)1(6)7/h6-10,12,16H,3-5,11,13-15,17H2,1-2H3,(H,30,31,35);(H,6,7). The number of nitrogens with one attached hydrogen (secondary N) is 1. The molecule has 4 rings (SSSR count). The molecule has 2 aromatic rings. The molecule has 0 spiro atoms. The van der Waals surface area contributed by atoms with Crippen LogP contribution in [0.5, 0.6) is 0 Å². The molecular formula is C28H31F6N5O5S. The van der Waals surface area contributed by atoms with Gasteiger partial charge in [-0.2, -0.15) is 26.3 Å². The van der Waals surface area contributed by atoms with Gasteiger partial charge in [-0.25, -0.2) is 19.5 Å². The molecule has 2 aliphatic heterocycles. The molecule has 0 radical (unpaired) electrons. The topological polar surface area (TPSA) is 123 Å². The SMILES string of the molecule is CC1(C)C(=O)N(c2ccc(SC(F)(F)F)cc2)C(=O)N1Cc1ccnc(NC(=O)CCN2CCCCC2)c1.O=C(O)C(F)(F)F. The number of aromatic nitrogens is 1. The third-order valence-electron chi connectivity index (χ3n) is 6.93. The Balaban J connectivity index is 0.000000707. The summed E-state index contributed by atoms with van der Waals surface area (Å²) in [4.78, 5) is 56.6. The van der Waals surface area contributed by atoms with Crippen molar-refractivity contribution in [1.82, 2.24) is 14.8 Å². The van der Waals surface area contributed by atoms with Crippen molar-refractivity contribution >= 4 is 47.1 Å². The summed E-state index contributed by atoms with van der Waals surface area (Å²) < 4.78 is 69.7. The Morgan fingerprint density at radius 2 is 1.60 bits per heavy atom. The lowest BCUT2D eigenvalue weighted by molar-refractivity contribution is -0.192. The monoisotopic (exact) mass is 663 g/mol. The zero-order chi connectivity index (χ0) is 33.6. The molecule has 3 heterocycles. The van der Waals surface area contributed by atoms with E-state index in [0.717, 1.165) is 30.8 Å². The van der Waals surface area contributed by atoms with Crippen LogP contribution in [-0.2, 0) is 20.9 Å². The smallest absolute Gasteiger partial charge is 0.475 e. The number of carboxylic acids is 1. The molecule has 45 heavy (non-hydrogen) atoms. The number of carboxylic acid groups (broad SMARTS) is 1. The van der Waals surface area contributed by atoms with Crippen LogP contribution in [0.15, 0.2) is 47.5 Å². The Bertz CT molecular complexity index is 1380. The molecule has 17 heteroatoms. The number of nitrogens with zero attached hydrogens (tertiary/aromatic N) is 4. The maximum absolute atomic E-state index is 13.3. The number of hydrogen-bond donors (Lipinski definition) is 2. The minimum Gasteiger partial charge on any atom is -0.475 e. The van der Waals surface area contributed by atoms with Gasteiger partial charge < -0.3 is 20.2 Å². The summed E-state index contributed by atoms with van der Waals surface area (Å²) >= 11 is -0.266. The molecule has 1 aromatic carbocycles. The van der Waals surface area contributed by atoms with Crippen LogP contribution in [0.2, 0.25) is 0 Å². The average molecular weight is 664 g/mol. The second-order valence-electron chi connectivity index (χ2n) is 10.7. The van der Waals surface area contributed by atoms with Gasteiger partial charge in [0.1, 0.15) is 11.4 Å². The van der Waals surface area contributed by atoms with E-state index < -0.39 is 35.1 Å². The zero-order valence-electron chi connectivity index (χ0n) is 24.2. The van der Waals surface area contributed by atoms with Crippen molar-refractivity contribution in [3.63, 3.8) is 0 Å². The molecule has 0 unspecified atom stereocenters. The summed E-state index contributed by atoms with van der Waals surface area (Å²) in [5.74, 6) is -3.03. The molecule has 10 nitrogen and oxygen atoms in total. The molecule has 2 N–H and O–H groups in total. The van der Waals surface area contributed by atoms with E-state index in [9.17, 15) is 40.7 Å². The maximum atomic E-state index is 13.3. The van der Waals surface area contributed by atoms with Gasteiger partial charge >= 0.3 is 23.7 Å². The molecular weight excluding hydrogens is 632 g/mol. The van der Waals surface area contributed by atoms with Gasteiger partial charge in [0.15, 0.2) is 0 Å². The van der Waals surface area contributed by atoms with E-state index in [1.807, 2.05) is 0 Å². The van der Waals surface area contributed by atoms with E-state index in [4.69, 9.17) is 9.90 Å². The van der Waals surface area contributed by atoms with Gasteiger partial charge in [-0.05, 0) is 93.5 Å². The number of anilines is 2. The Hall–Kier alpha value is -3.86. The van der Waals surface area contributed by atoms with Gasteiger partial charge in [0.05, 0.1) is 5.69 Å². The third kappa shape index (κ3) is 10.1. The number of rotatable bonds is 8. The Morgan fingerprint density at radius 1 is 1.00 bits per heavy atom. The van der Waals surface area contributed by atoms with Crippen LogP contribution in [0.3, 0.4) is 0 Å². The molecule has 2 saturated heterocycles. The highest BCUT2D eigenvalue weighted by molar-refractivity contribution is 8.00. The minimum atomic E-state index is -5.08. The predicted molar refractivity (Wildman–Crippen MR) is 152 cm³/mol. The lowest BCUT2D eigenvalue weighted by Crippen LogP contribution is -2.43.